The highest BCUT2D eigenvalue weighted by molar-refractivity contribution is 9.10. The van der Waals surface area contributed by atoms with Gasteiger partial charge < -0.3 is 5.73 Å². The maximum absolute atomic E-state index is 6.16. The molecule has 2 rings (SSSR count). The molecule has 0 aliphatic heterocycles. The Morgan fingerprint density at radius 1 is 1.35 bits per heavy atom. The van der Waals surface area contributed by atoms with Crippen molar-refractivity contribution >= 4 is 39.1 Å². The van der Waals surface area contributed by atoms with E-state index in [1.165, 1.54) is 0 Å². The van der Waals surface area contributed by atoms with Crippen LogP contribution < -0.4 is 5.73 Å². The molecule has 0 saturated carbocycles. The van der Waals surface area contributed by atoms with E-state index in [0.717, 1.165) is 15.7 Å². The summed E-state index contributed by atoms with van der Waals surface area (Å²) in [6.07, 6.45) is 1.58. The maximum atomic E-state index is 6.16. The van der Waals surface area contributed by atoms with Crippen LogP contribution in [-0.2, 0) is 7.05 Å². The molecule has 0 bridgehead atoms. The van der Waals surface area contributed by atoms with Crippen molar-refractivity contribution in [2.24, 2.45) is 12.8 Å². The molecule has 2 aromatic rings. The van der Waals surface area contributed by atoms with E-state index in [9.17, 15) is 0 Å². The van der Waals surface area contributed by atoms with Crippen LogP contribution in [0.4, 0.5) is 0 Å². The van der Waals surface area contributed by atoms with Crippen LogP contribution in [0.25, 0.3) is 0 Å². The summed E-state index contributed by atoms with van der Waals surface area (Å²) >= 11 is 15.4. The molecular formula is C11H10BrCl2N3. The smallest absolute Gasteiger partial charge is 0.0837 e. The second-order valence-electron chi connectivity index (χ2n) is 3.65. The highest BCUT2D eigenvalue weighted by atomic mass is 79.9. The van der Waals surface area contributed by atoms with Gasteiger partial charge in [0.25, 0.3) is 0 Å². The molecule has 2 N–H and O–H groups in total. The molecule has 6 heteroatoms. The molecule has 1 unspecified atom stereocenters. The number of nitrogens with zero attached hydrogens (tertiary/aromatic N) is 2. The number of aromatic nitrogens is 2. The van der Waals surface area contributed by atoms with Crippen molar-refractivity contribution in [3.05, 3.63) is 50.2 Å². The van der Waals surface area contributed by atoms with Gasteiger partial charge in [0.05, 0.1) is 28.0 Å². The molecule has 0 amide bonds. The van der Waals surface area contributed by atoms with Crippen LogP contribution in [0.15, 0.2) is 28.9 Å². The van der Waals surface area contributed by atoms with Crippen molar-refractivity contribution in [1.29, 1.82) is 0 Å². The standard InChI is InChI=1S/C11H10BrCl2N3/c1-17-11(9(14)5-16-17)10(15)6-2-3-7(12)8(13)4-6/h2-5,10H,15H2,1H3. The molecule has 0 spiro atoms. The van der Waals surface area contributed by atoms with Gasteiger partial charge in [-0.1, -0.05) is 29.3 Å². The van der Waals surface area contributed by atoms with Gasteiger partial charge in [0.2, 0.25) is 0 Å². The summed E-state index contributed by atoms with van der Waals surface area (Å²) in [5.74, 6) is 0. The van der Waals surface area contributed by atoms with Gasteiger partial charge in [-0.05, 0) is 33.6 Å². The van der Waals surface area contributed by atoms with E-state index < -0.39 is 0 Å². The summed E-state index contributed by atoms with van der Waals surface area (Å²) in [6, 6.07) is 5.24. The quantitative estimate of drug-likeness (QED) is 0.912. The van der Waals surface area contributed by atoms with Crippen molar-refractivity contribution in [2.45, 2.75) is 6.04 Å². The van der Waals surface area contributed by atoms with Crippen molar-refractivity contribution in [2.75, 3.05) is 0 Å². The average Bonchev–Trinajstić information content (AvgIpc) is 2.62. The Kier molecular flexibility index (Phi) is 3.78. The number of hydrogen-bond acceptors (Lipinski definition) is 2. The summed E-state index contributed by atoms with van der Waals surface area (Å²) in [5, 5.41) is 5.24. The second-order valence-corrected chi connectivity index (χ2v) is 5.32. The molecule has 0 aliphatic rings. The fourth-order valence-electron chi connectivity index (χ4n) is 1.63. The van der Waals surface area contributed by atoms with Gasteiger partial charge in [-0.3, -0.25) is 4.68 Å². The van der Waals surface area contributed by atoms with E-state index in [1.807, 2.05) is 25.2 Å². The van der Waals surface area contributed by atoms with Gasteiger partial charge >= 0.3 is 0 Å². The molecule has 1 atom stereocenters. The first kappa shape index (κ1) is 12.9. The second kappa shape index (κ2) is 4.98. The van der Waals surface area contributed by atoms with Gasteiger partial charge in [-0.2, -0.15) is 5.10 Å². The monoisotopic (exact) mass is 333 g/mol. The van der Waals surface area contributed by atoms with E-state index in [2.05, 4.69) is 21.0 Å². The maximum Gasteiger partial charge on any atom is 0.0837 e. The van der Waals surface area contributed by atoms with Gasteiger partial charge in [0.15, 0.2) is 0 Å². The lowest BCUT2D eigenvalue weighted by Crippen LogP contribution is -2.16. The number of aryl methyl sites for hydroxylation is 1. The van der Waals surface area contributed by atoms with Crippen molar-refractivity contribution in [1.82, 2.24) is 9.78 Å². The Balaban J connectivity index is 2.43. The molecule has 1 heterocycles. The lowest BCUT2D eigenvalue weighted by atomic mass is 10.0. The number of nitrogens with two attached hydrogens (primary N) is 1. The molecule has 0 saturated heterocycles. The normalized spacial score (nSPS) is 12.8. The van der Waals surface area contributed by atoms with Gasteiger partial charge in [-0.15, -0.1) is 0 Å². The zero-order valence-electron chi connectivity index (χ0n) is 8.99. The molecule has 17 heavy (non-hydrogen) atoms. The van der Waals surface area contributed by atoms with Crippen molar-refractivity contribution in [3.8, 4) is 0 Å². The molecule has 1 aromatic heterocycles. The van der Waals surface area contributed by atoms with Crippen LogP contribution in [0.2, 0.25) is 10.0 Å². The van der Waals surface area contributed by atoms with Crippen LogP contribution in [0, 0.1) is 0 Å². The Bertz CT molecular complexity index is 534. The number of rotatable bonds is 2. The van der Waals surface area contributed by atoms with E-state index >= 15 is 0 Å². The minimum Gasteiger partial charge on any atom is -0.319 e. The predicted molar refractivity (Wildman–Crippen MR) is 73.4 cm³/mol. The van der Waals surface area contributed by atoms with Gasteiger partial charge in [0, 0.05) is 11.5 Å². The fraction of sp³-hybridized carbons (Fsp3) is 0.182. The average molecular weight is 335 g/mol. The summed E-state index contributed by atoms with van der Waals surface area (Å²) in [7, 11) is 1.81. The van der Waals surface area contributed by atoms with Crippen LogP contribution in [0.5, 0.6) is 0 Å². The van der Waals surface area contributed by atoms with Crippen LogP contribution in [0.1, 0.15) is 17.3 Å². The van der Waals surface area contributed by atoms with Gasteiger partial charge in [0.1, 0.15) is 0 Å². The predicted octanol–water partition coefficient (Wildman–Crippen LogP) is 3.54. The third kappa shape index (κ3) is 2.50. The molecule has 0 fully saturated rings. The number of benzene rings is 1. The molecule has 90 valence electrons. The molecular weight excluding hydrogens is 325 g/mol. The van der Waals surface area contributed by atoms with E-state index in [4.69, 9.17) is 28.9 Å². The Morgan fingerprint density at radius 2 is 2.06 bits per heavy atom. The molecule has 0 aliphatic carbocycles. The van der Waals surface area contributed by atoms with E-state index in [0.29, 0.717) is 10.0 Å². The fourth-order valence-corrected chi connectivity index (χ4v) is 2.35. The molecule has 1 aromatic carbocycles. The minimum atomic E-state index is -0.347. The van der Waals surface area contributed by atoms with Crippen LogP contribution in [-0.4, -0.2) is 9.78 Å². The first-order valence-electron chi connectivity index (χ1n) is 4.88. The molecule has 0 radical (unpaired) electrons. The minimum absolute atomic E-state index is 0.347. The highest BCUT2D eigenvalue weighted by Gasteiger charge is 2.17. The third-order valence-corrected chi connectivity index (χ3v) is 4.06. The van der Waals surface area contributed by atoms with E-state index in [-0.39, 0.29) is 6.04 Å². The number of halogens is 3. The lowest BCUT2D eigenvalue weighted by Gasteiger charge is -2.14. The molecule has 3 nitrogen and oxygen atoms in total. The topological polar surface area (TPSA) is 43.8 Å². The largest absolute Gasteiger partial charge is 0.319 e. The summed E-state index contributed by atoms with van der Waals surface area (Å²) in [5.41, 5.74) is 7.82. The van der Waals surface area contributed by atoms with E-state index in [1.54, 1.807) is 10.9 Å². The number of hydrogen-bond donors (Lipinski definition) is 1. The van der Waals surface area contributed by atoms with Crippen molar-refractivity contribution < 1.29 is 0 Å². The zero-order chi connectivity index (χ0) is 12.6. The Labute approximate surface area is 118 Å². The first-order valence-corrected chi connectivity index (χ1v) is 6.43. The SMILES string of the molecule is Cn1ncc(Cl)c1C(N)c1ccc(Br)c(Cl)c1. The summed E-state index contributed by atoms with van der Waals surface area (Å²) < 4.78 is 2.51. The van der Waals surface area contributed by atoms with Crippen molar-refractivity contribution in [3.63, 3.8) is 0 Å². The van der Waals surface area contributed by atoms with Gasteiger partial charge in [-0.25, -0.2) is 0 Å². The lowest BCUT2D eigenvalue weighted by molar-refractivity contribution is 0.673. The summed E-state index contributed by atoms with van der Waals surface area (Å²) in [6.45, 7) is 0. The Morgan fingerprint density at radius 3 is 2.59 bits per heavy atom. The zero-order valence-corrected chi connectivity index (χ0v) is 12.1. The third-order valence-electron chi connectivity index (χ3n) is 2.53. The Hall–Kier alpha value is -0.550. The summed E-state index contributed by atoms with van der Waals surface area (Å²) in [4.78, 5) is 0. The van der Waals surface area contributed by atoms with Crippen LogP contribution >= 0.6 is 39.1 Å². The van der Waals surface area contributed by atoms with Crippen LogP contribution in [0.3, 0.4) is 0 Å². The first-order chi connectivity index (χ1) is 8.00. The highest BCUT2D eigenvalue weighted by Crippen LogP contribution is 2.30.